The molecule has 2 rings (SSSR count). The number of rotatable bonds is 1. The maximum absolute atomic E-state index is 4.58. The summed E-state index contributed by atoms with van der Waals surface area (Å²) in [6.45, 7) is 8.54. The van der Waals surface area contributed by atoms with E-state index in [-0.39, 0.29) is 0 Å². The van der Waals surface area contributed by atoms with Crippen molar-refractivity contribution in [1.82, 2.24) is 4.98 Å². The third kappa shape index (κ3) is 1.45. The summed E-state index contributed by atoms with van der Waals surface area (Å²) in [5, 5.41) is 0. The summed E-state index contributed by atoms with van der Waals surface area (Å²) in [6, 6.07) is 2.14. The van der Waals surface area contributed by atoms with E-state index in [4.69, 9.17) is 0 Å². The number of hydrogen-bond acceptors (Lipinski definition) is 2. The monoisotopic (exact) mass is 188 g/mol. The van der Waals surface area contributed by atoms with E-state index in [2.05, 4.69) is 36.8 Å². The number of aromatic nitrogens is 1. The Morgan fingerprint density at radius 2 is 2.00 bits per heavy atom. The predicted octanol–water partition coefficient (Wildman–Crippen LogP) is 2.98. The van der Waals surface area contributed by atoms with Crippen LogP contribution < -0.4 is 0 Å². The van der Waals surface area contributed by atoms with Gasteiger partial charge in [0.25, 0.3) is 0 Å². The van der Waals surface area contributed by atoms with Crippen molar-refractivity contribution in [2.24, 2.45) is 10.9 Å². The van der Waals surface area contributed by atoms with Gasteiger partial charge in [-0.25, -0.2) is 9.98 Å². The second kappa shape index (κ2) is 3.19. The van der Waals surface area contributed by atoms with E-state index in [1.54, 1.807) is 0 Å². The maximum atomic E-state index is 4.58. The first-order valence-electron chi connectivity index (χ1n) is 5.12. The van der Waals surface area contributed by atoms with Crippen LogP contribution in [0.2, 0.25) is 0 Å². The molecule has 2 nitrogen and oxygen atoms in total. The Bertz CT molecular complexity index is 403. The van der Waals surface area contributed by atoms with Crippen molar-refractivity contribution < 1.29 is 0 Å². The Morgan fingerprint density at radius 1 is 1.29 bits per heavy atom. The lowest BCUT2D eigenvalue weighted by Crippen LogP contribution is -2.06. The molecule has 0 spiro atoms. The molecule has 14 heavy (non-hydrogen) atoms. The van der Waals surface area contributed by atoms with Crippen LogP contribution in [0.5, 0.6) is 0 Å². The zero-order chi connectivity index (χ0) is 10.3. The molecule has 0 atom stereocenters. The first-order valence-corrected chi connectivity index (χ1v) is 5.12. The Balaban J connectivity index is 2.46. The molecule has 0 amide bonds. The molecule has 0 aliphatic carbocycles. The Kier molecular flexibility index (Phi) is 2.14. The molecule has 0 unspecified atom stereocenters. The molecule has 0 saturated heterocycles. The van der Waals surface area contributed by atoms with Crippen molar-refractivity contribution in [2.45, 2.75) is 34.1 Å². The fraction of sp³-hybridized carbons (Fsp3) is 0.500. The van der Waals surface area contributed by atoms with E-state index in [1.165, 1.54) is 16.8 Å². The van der Waals surface area contributed by atoms with Gasteiger partial charge < -0.3 is 0 Å². The van der Waals surface area contributed by atoms with Gasteiger partial charge in [-0.2, -0.15) is 0 Å². The highest BCUT2D eigenvalue weighted by molar-refractivity contribution is 5.94. The van der Waals surface area contributed by atoms with Gasteiger partial charge in [0.1, 0.15) is 0 Å². The van der Waals surface area contributed by atoms with Gasteiger partial charge in [-0.05, 0) is 31.4 Å². The highest BCUT2D eigenvalue weighted by atomic mass is 14.9. The molecule has 0 aromatic carbocycles. The fourth-order valence-electron chi connectivity index (χ4n) is 1.84. The summed E-state index contributed by atoms with van der Waals surface area (Å²) < 4.78 is 0. The van der Waals surface area contributed by atoms with Crippen molar-refractivity contribution >= 4 is 11.5 Å². The average molecular weight is 188 g/mol. The smallest absolute Gasteiger partial charge is 0.155 e. The van der Waals surface area contributed by atoms with Crippen LogP contribution in [0.3, 0.4) is 0 Å². The molecule has 1 aliphatic heterocycles. The van der Waals surface area contributed by atoms with Crippen LogP contribution >= 0.6 is 0 Å². The van der Waals surface area contributed by atoms with E-state index < -0.39 is 0 Å². The summed E-state index contributed by atoms with van der Waals surface area (Å²) >= 11 is 0. The average Bonchev–Trinajstić information content (AvgIpc) is 2.47. The van der Waals surface area contributed by atoms with E-state index in [0.717, 1.165) is 17.9 Å². The second-order valence-corrected chi connectivity index (χ2v) is 4.32. The molecule has 0 bridgehead atoms. The van der Waals surface area contributed by atoms with Gasteiger partial charge in [0, 0.05) is 23.4 Å². The summed E-state index contributed by atoms with van der Waals surface area (Å²) in [4.78, 5) is 9.04. The minimum absolute atomic E-state index is 0.531. The van der Waals surface area contributed by atoms with Gasteiger partial charge in [0.15, 0.2) is 5.82 Å². The Hall–Kier alpha value is -1.18. The molecule has 0 N–H and O–H groups in total. The number of pyridine rings is 1. The maximum Gasteiger partial charge on any atom is 0.155 e. The van der Waals surface area contributed by atoms with Crippen LogP contribution in [-0.4, -0.2) is 10.7 Å². The summed E-state index contributed by atoms with van der Waals surface area (Å²) in [7, 11) is 0. The summed E-state index contributed by atoms with van der Waals surface area (Å²) in [6.07, 6.45) is 0.992. The molecule has 1 aromatic rings. The van der Waals surface area contributed by atoms with Crippen LogP contribution in [0.1, 0.15) is 30.7 Å². The lowest BCUT2D eigenvalue weighted by Gasteiger charge is -2.04. The largest absolute Gasteiger partial charge is 0.237 e. The van der Waals surface area contributed by atoms with Crippen LogP contribution in [0.25, 0.3) is 0 Å². The number of nitrogens with zero attached hydrogens (tertiary/aromatic N) is 2. The van der Waals surface area contributed by atoms with Crippen LogP contribution in [0.15, 0.2) is 11.1 Å². The van der Waals surface area contributed by atoms with Crippen molar-refractivity contribution in [2.75, 3.05) is 0 Å². The molecule has 0 radical (unpaired) electrons. The molecule has 1 aromatic heterocycles. The summed E-state index contributed by atoms with van der Waals surface area (Å²) in [5.41, 5.74) is 4.97. The van der Waals surface area contributed by atoms with E-state index in [0.29, 0.717) is 5.92 Å². The standard InChI is InChI=1S/C12H16N2/c1-7(2)11-6-10-8(3)5-9(4)13-12(10)14-11/h5,7H,6H2,1-4H3. The van der Waals surface area contributed by atoms with Crippen LogP contribution in [0.4, 0.5) is 5.82 Å². The van der Waals surface area contributed by atoms with Gasteiger partial charge in [0.2, 0.25) is 0 Å². The van der Waals surface area contributed by atoms with Crippen LogP contribution in [0, 0.1) is 19.8 Å². The normalized spacial score (nSPS) is 14.5. The fourth-order valence-corrected chi connectivity index (χ4v) is 1.84. The first-order chi connectivity index (χ1) is 6.58. The van der Waals surface area contributed by atoms with Gasteiger partial charge >= 0.3 is 0 Å². The Labute approximate surface area is 85.1 Å². The lowest BCUT2D eigenvalue weighted by molar-refractivity contribution is 0.871. The first kappa shape index (κ1) is 9.38. The molecular formula is C12H16N2. The topological polar surface area (TPSA) is 25.2 Å². The highest BCUT2D eigenvalue weighted by Crippen LogP contribution is 2.29. The second-order valence-electron chi connectivity index (χ2n) is 4.32. The lowest BCUT2D eigenvalue weighted by atomic mass is 10.0. The number of aliphatic imine (C=N–C) groups is 1. The van der Waals surface area contributed by atoms with Gasteiger partial charge in [-0.15, -0.1) is 0 Å². The van der Waals surface area contributed by atoms with E-state index in [1.807, 2.05) is 6.92 Å². The molecule has 0 fully saturated rings. The SMILES string of the molecule is Cc1cc(C)c2c(n1)N=C(C(C)C)C2. The zero-order valence-corrected chi connectivity index (χ0v) is 9.26. The van der Waals surface area contributed by atoms with Crippen molar-refractivity contribution in [3.63, 3.8) is 0 Å². The minimum atomic E-state index is 0.531. The van der Waals surface area contributed by atoms with E-state index >= 15 is 0 Å². The minimum Gasteiger partial charge on any atom is -0.237 e. The number of aryl methyl sites for hydroxylation is 2. The molecular weight excluding hydrogens is 172 g/mol. The molecule has 2 heteroatoms. The number of hydrogen-bond donors (Lipinski definition) is 0. The Morgan fingerprint density at radius 3 is 2.64 bits per heavy atom. The molecule has 1 aliphatic rings. The molecule has 0 saturated carbocycles. The third-order valence-corrected chi connectivity index (χ3v) is 2.73. The van der Waals surface area contributed by atoms with Crippen LogP contribution in [-0.2, 0) is 6.42 Å². The zero-order valence-electron chi connectivity index (χ0n) is 9.26. The molecule has 74 valence electrons. The van der Waals surface area contributed by atoms with Gasteiger partial charge in [0.05, 0.1) is 0 Å². The van der Waals surface area contributed by atoms with Gasteiger partial charge in [-0.1, -0.05) is 13.8 Å². The summed E-state index contributed by atoms with van der Waals surface area (Å²) in [5.74, 6) is 1.48. The number of fused-ring (bicyclic) bond motifs is 1. The molecule has 2 heterocycles. The highest BCUT2D eigenvalue weighted by Gasteiger charge is 2.19. The van der Waals surface area contributed by atoms with Crippen molar-refractivity contribution in [1.29, 1.82) is 0 Å². The van der Waals surface area contributed by atoms with E-state index in [9.17, 15) is 0 Å². The van der Waals surface area contributed by atoms with Crippen molar-refractivity contribution in [3.8, 4) is 0 Å². The third-order valence-electron chi connectivity index (χ3n) is 2.73. The predicted molar refractivity (Wildman–Crippen MR) is 59.3 cm³/mol. The quantitative estimate of drug-likeness (QED) is 0.665. The van der Waals surface area contributed by atoms with Gasteiger partial charge in [-0.3, -0.25) is 0 Å². The van der Waals surface area contributed by atoms with Crippen molar-refractivity contribution in [3.05, 3.63) is 22.9 Å².